The third-order valence-corrected chi connectivity index (χ3v) is 2.43. The van der Waals surface area contributed by atoms with Crippen molar-refractivity contribution in [3.8, 4) is 21.2 Å². The van der Waals surface area contributed by atoms with Crippen molar-refractivity contribution < 1.29 is 0 Å². The molecule has 2 rings (SSSR count). The van der Waals surface area contributed by atoms with E-state index in [-0.39, 0.29) is 0 Å². The van der Waals surface area contributed by atoms with E-state index in [0.29, 0.717) is 12.4 Å². The second-order valence-corrected chi connectivity index (χ2v) is 3.82. The van der Waals surface area contributed by atoms with Gasteiger partial charge in [-0.1, -0.05) is 35.7 Å². The van der Waals surface area contributed by atoms with Crippen LogP contribution in [0.5, 0.6) is 0 Å². The Kier molecular flexibility index (Phi) is 3.51. The molecule has 2 aromatic rings. The highest BCUT2D eigenvalue weighted by molar-refractivity contribution is 14.1. The number of benzene rings is 1. The van der Waals surface area contributed by atoms with Crippen LogP contribution in [0.15, 0.2) is 24.3 Å². The molecule has 0 N–H and O–H groups in total. The highest BCUT2D eigenvalue weighted by Crippen LogP contribution is 2.13. The molecule has 1 aromatic carbocycles. The van der Waals surface area contributed by atoms with Crippen molar-refractivity contribution in [3.63, 3.8) is 0 Å². The molecule has 4 nitrogen and oxygen atoms in total. The van der Waals surface area contributed by atoms with Crippen molar-refractivity contribution in [1.82, 2.24) is 20.2 Å². The summed E-state index contributed by atoms with van der Waals surface area (Å²) in [6.07, 6.45) is 0. The van der Waals surface area contributed by atoms with Gasteiger partial charge in [-0.15, -0.1) is 10.2 Å². The molecule has 0 radical (unpaired) electrons. The predicted octanol–water partition coefficient (Wildman–Crippen LogP) is 2.04. The van der Waals surface area contributed by atoms with E-state index < -0.39 is 0 Å². The van der Waals surface area contributed by atoms with E-state index >= 15 is 0 Å². The molecule has 0 aliphatic heterocycles. The van der Waals surface area contributed by atoms with Crippen LogP contribution in [0.2, 0.25) is 0 Å². The normalized spacial score (nSPS) is 9.62. The van der Waals surface area contributed by atoms with E-state index in [1.165, 1.54) is 10.4 Å². The Morgan fingerprint density at radius 3 is 2.75 bits per heavy atom. The van der Waals surface area contributed by atoms with Crippen LogP contribution in [-0.4, -0.2) is 20.2 Å². The van der Waals surface area contributed by atoms with E-state index in [4.69, 9.17) is 0 Å². The summed E-state index contributed by atoms with van der Waals surface area (Å²) in [6.45, 7) is 2.52. The van der Waals surface area contributed by atoms with E-state index in [0.717, 1.165) is 5.56 Å². The van der Waals surface area contributed by atoms with Gasteiger partial charge >= 0.3 is 0 Å². The molecule has 0 fully saturated rings. The summed E-state index contributed by atoms with van der Waals surface area (Å²) >= 11 is 1.99. The number of aryl methyl sites for hydroxylation is 1. The lowest BCUT2D eigenvalue weighted by atomic mass is 10.1. The first-order valence-corrected chi connectivity index (χ1v) is 5.81. The minimum absolute atomic E-state index is 0.474. The van der Waals surface area contributed by atoms with Crippen LogP contribution in [0.1, 0.15) is 5.56 Å². The average molecular weight is 324 g/mol. The van der Waals surface area contributed by atoms with Crippen molar-refractivity contribution in [1.29, 1.82) is 0 Å². The number of aromatic nitrogens is 4. The summed E-state index contributed by atoms with van der Waals surface area (Å²) in [6, 6.07) is 8.03. The van der Waals surface area contributed by atoms with E-state index in [2.05, 4.69) is 25.3 Å². The second kappa shape index (κ2) is 5.07. The van der Waals surface area contributed by atoms with E-state index in [1.54, 1.807) is 0 Å². The Morgan fingerprint density at radius 1 is 1.31 bits per heavy atom. The topological polar surface area (TPSA) is 43.6 Å². The van der Waals surface area contributed by atoms with Crippen LogP contribution in [0.3, 0.4) is 0 Å². The molecule has 5 heteroatoms. The lowest BCUT2D eigenvalue weighted by Crippen LogP contribution is -2.00. The van der Waals surface area contributed by atoms with Gasteiger partial charge in [0.15, 0.2) is 0 Å². The Balaban J connectivity index is 2.23. The van der Waals surface area contributed by atoms with Gasteiger partial charge in [-0.25, -0.2) is 0 Å². The average Bonchev–Trinajstić information content (AvgIpc) is 2.76. The monoisotopic (exact) mass is 324 g/mol. The molecule has 0 bridgehead atoms. The van der Waals surface area contributed by atoms with Gasteiger partial charge < -0.3 is 0 Å². The Bertz CT molecular complexity index is 533. The summed E-state index contributed by atoms with van der Waals surface area (Å²) in [5.74, 6) is 3.51. The Morgan fingerprint density at radius 2 is 2.06 bits per heavy atom. The highest BCUT2D eigenvalue weighted by Gasteiger charge is 2.04. The molecule has 0 atom stereocenters. The predicted molar refractivity (Wildman–Crippen MR) is 69.8 cm³/mol. The molecule has 0 aliphatic carbocycles. The van der Waals surface area contributed by atoms with Crippen molar-refractivity contribution in [2.45, 2.75) is 13.5 Å². The fourth-order valence-corrected chi connectivity index (χ4v) is 1.40. The molecular formula is C11H9IN4. The van der Waals surface area contributed by atoms with Crippen molar-refractivity contribution >= 4 is 22.6 Å². The number of hydrogen-bond acceptors (Lipinski definition) is 3. The van der Waals surface area contributed by atoms with Crippen LogP contribution in [0.4, 0.5) is 0 Å². The molecule has 0 amide bonds. The van der Waals surface area contributed by atoms with Crippen molar-refractivity contribution in [2.75, 3.05) is 0 Å². The number of rotatable bonds is 2. The smallest absolute Gasteiger partial charge is 0.152 e. The zero-order valence-corrected chi connectivity index (χ0v) is 10.8. The molecule has 0 saturated heterocycles. The largest absolute Gasteiger partial charge is 0.204 e. The maximum absolute atomic E-state index is 4.24. The molecule has 0 spiro atoms. The molecule has 0 unspecified atom stereocenters. The first-order chi connectivity index (χ1) is 7.79. The quantitative estimate of drug-likeness (QED) is 0.627. The van der Waals surface area contributed by atoms with Gasteiger partial charge in [-0.3, -0.25) is 0 Å². The zero-order chi connectivity index (χ0) is 11.4. The fourth-order valence-electron chi connectivity index (χ4n) is 1.23. The summed E-state index contributed by atoms with van der Waals surface area (Å²) in [7, 11) is 0. The first kappa shape index (κ1) is 11.1. The van der Waals surface area contributed by atoms with Crippen molar-refractivity contribution in [2.24, 2.45) is 0 Å². The maximum atomic E-state index is 4.24. The Labute approximate surface area is 107 Å². The van der Waals surface area contributed by atoms with E-state index in [9.17, 15) is 0 Å². The maximum Gasteiger partial charge on any atom is 0.204 e. The molecule has 0 aliphatic rings. The Hall–Kier alpha value is -1.42. The van der Waals surface area contributed by atoms with Crippen LogP contribution in [-0.2, 0) is 6.54 Å². The van der Waals surface area contributed by atoms with Gasteiger partial charge in [-0.2, -0.15) is 4.80 Å². The molecule has 80 valence electrons. The fraction of sp³-hybridized carbons (Fsp3) is 0.182. The summed E-state index contributed by atoms with van der Waals surface area (Å²) in [5.41, 5.74) is 2.19. The molecule has 1 aromatic heterocycles. The molecule has 0 saturated carbocycles. The third kappa shape index (κ3) is 2.58. The van der Waals surface area contributed by atoms with Crippen molar-refractivity contribution in [3.05, 3.63) is 29.8 Å². The van der Waals surface area contributed by atoms with E-state index in [1.807, 2.05) is 53.8 Å². The SMILES string of the molecule is Cc1ccc(-c2nnn(CC#CI)n2)cc1. The molecule has 16 heavy (non-hydrogen) atoms. The van der Waals surface area contributed by atoms with Crippen LogP contribution < -0.4 is 0 Å². The van der Waals surface area contributed by atoms with Crippen LogP contribution >= 0.6 is 22.6 Å². The lowest BCUT2D eigenvalue weighted by Gasteiger charge is -1.94. The van der Waals surface area contributed by atoms with Gasteiger partial charge in [0.1, 0.15) is 6.54 Å². The minimum Gasteiger partial charge on any atom is -0.152 e. The lowest BCUT2D eigenvalue weighted by molar-refractivity contribution is 0.592. The highest BCUT2D eigenvalue weighted by atomic mass is 127. The number of hydrogen-bond donors (Lipinski definition) is 0. The number of halogens is 1. The number of tetrazole rings is 1. The minimum atomic E-state index is 0.474. The molecule has 1 heterocycles. The second-order valence-electron chi connectivity index (χ2n) is 3.28. The standard InChI is InChI=1S/C11H9IN4/c1-9-3-5-10(6-4-9)11-13-15-16(14-11)8-2-7-12/h3-6H,8H2,1H3. The van der Waals surface area contributed by atoms with Crippen LogP contribution in [0.25, 0.3) is 11.4 Å². The number of nitrogens with zero attached hydrogens (tertiary/aromatic N) is 4. The van der Waals surface area contributed by atoms with Gasteiger partial charge in [0.05, 0.1) is 0 Å². The first-order valence-electron chi connectivity index (χ1n) is 4.73. The zero-order valence-electron chi connectivity index (χ0n) is 8.68. The van der Waals surface area contributed by atoms with Crippen LogP contribution in [0, 0.1) is 16.8 Å². The van der Waals surface area contributed by atoms with Gasteiger partial charge in [0.2, 0.25) is 5.82 Å². The summed E-state index contributed by atoms with van der Waals surface area (Å²) in [5, 5.41) is 12.1. The molecular weight excluding hydrogens is 315 g/mol. The van der Waals surface area contributed by atoms with Gasteiger partial charge in [0, 0.05) is 28.2 Å². The summed E-state index contributed by atoms with van der Waals surface area (Å²) in [4.78, 5) is 1.49. The van der Waals surface area contributed by atoms with Gasteiger partial charge in [-0.05, 0) is 16.1 Å². The summed E-state index contributed by atoms with van der Waals surface area (Å²) < 4.78 is 2.76. The van der Waals surface area contributed by atoms with Gasteiger partial charge in [0.25, 0.3) is 0 Å². The third-order valence-electron chi connectivity index (χ3n) is 2.05.